The SMILES string of the molecule is CCNC(=NCC1CN(C)CCO1)N1CCN(c2ccccc2F)CC1.I. The van der Waals surface area contributed by atoms with Crippen LogP contribution in [-0.2, 0) is 4.74 Å². The number of nitrogens with zero attached hydrogens (tertiary/aromatic N) is 4. The Morgan fingerprint density at radius 2 is 1.96 bits per heavy atom. The van der Waals surface area contributed by atoms with Gasteiger partial charge >= 0.3 is 0 Å². The van der Waals surface area contributed by atoms with Gasteiger partial charge in [-0.1, -0.05) is 12.1 Å². The number of morpholine rings is 1. The van der Waals surface area contributed by atoms with Gasteiger partial charge in [-0.05, 0) is 26.1 Å². The minimum atomic E-state index is -0.153. The van der Waals surface area contributed by atoms with Crippen LogP contribution < -0.4 is 10.2 Å². The average molecular weight is 491 g/mol. The van der Waals surface area contributed by atoms with Gasteiger partial charge in [-0.25, -0.2) is 4.39 Å². The Labute approximate surface area is 178 Å². The summed E-state index contributed by atoms with van der Waals surface area (Å²) in [5.41, 5.74) is 0.688. The zero-order chi connectivity index (χ0) is 18.4. The first-order chi connectivity index (χ1) is 12.7. The molecular formula is C19H31FIN5O. The van der Waals surface area contributed by atoms with Crippen LogP contribution >= 0.6 is 24.0 Å². The molecule has 2 heterocycles. The lowest BCUT2D eigenvalue weighted by atomic mass is 10.2. The number of aliphatic imine (C=N–C) groups is 1. The summed E-state index contributed by atoms with van der Waals surface area (Å²) < 4.78 is 19.8. The molecule has 2 aliphatic heterocycles. The Balaban J connectivity index is 0.00000261. The molecule has 8 heteroatoms. The molecule has 6 nitrogen and oxygen atoms in total. The van der Waals surface area contributed by atoms with Crippen molar-refractivity contribution >= 4 is 35.6 Å². The van der Waals surface area contributed by atoms with E-state index in [-0.39, 0.29) is 35.9 Å². The van der Waals surface area contributed by atoms with Crippen molar-refractivity contribution in [2.24, 2.45) is 4.99 Å². The van der Waals surface area contributed by atoms with Gasteiger partial charge < -0.3 is 24.8 Å². The molecule has 0 saturated carbocycles. The average Bonchev–Trinajstić information content (AvgIpc) is 2.66. The van der Waals surface area contributed by atoms with E-state index < -0.39 is 0 Å². The van der Waals surface area contributed by atoms with Gasteiger partial charge in [0, 0.05) is 45.8 Å². The number of nitrogens with one attached hydrogen (secondary N) is 1. The van der Waals surface area contributed by atoms with Crippen LogP contribution in [0.1, 0.15) is 6.92 Å². The first-order valence-electron chi connectivity index (χ1n) is 9.50. The lowest BCUT2D eigenvalue weighted by Gasteiger charge is -2.38. The highest BCUT2D eigenvalue weighted by atomic mass is 127. The maximum absolute atomic E-state index is 14.0. The van der Waals surface area contributed by atoms with Crippen molar-refractivity contribution in [3.63, 3.8) is 0 Å². The number of halogens is 2. The minimum Gasteiger partial charge on any atom is -0.374 e. The summed E-state index contributed by atoms with van der Waals surface area (Å²) in [5.74, 6) is 0.776. The fourth-order valence-corrected chi connectivity index (χ4v) is 3.46. The summed E-state index contributed by atoms with van der Waals surface area (Å²) in [6, 6.07) is 6.99. The van der Waals surface area contributed by atoms with Gasteiger partial charge in [-0.2, -0.15) is 0 Å². The third-order valence-electron chi connectivity index (χ3n) is 4.89. The molecule has 2 aliphatic rings. The Hall–Kier alpha value is -1.13. The quantitative estimate of drug-likeness (QED) is 0.396. The van der Waals surface area contributed by atoms with E-state index in [1.807, 2.05) is 12.1 Å². The molecular weight excluding hydrogens is 460 g/mol. The van der Waals surface area contributed by atoms with E-state index in [2.05, 4.69) is 34.0 Å². The van der Waals surface area contributed by atoms with E-state index in [9.17, 15) is 4.39 Å². The van der Waals surface area contributed by atoms with Gasteiger partial charge in [-0.3, -0.25) is 4.99 Å². The van der Waals surface area contributed by atoms with Crippen LogP contribution in [0.15, 0.2) is 29.3 Å². The highest BCUT2D eigenvalue weighted by molar-refractivity contribution is 14.0. The highest BCUT2D eigenvalue weighted by Gasteiger charge is 2.22. The van der Waals surface area contributed by atoms with Gasteiger partial charge in [-0.15, -0.1) is 24.0 Å². The number of rotatable bonds is 4. The smallest absolute Gasteiger partial charge is 0.194 e. The zero-order valence-corrected chi connectivity index (χ0v) is 18.6. The van der Waals surface area contributed by atoms with E-state index in [1.165, 1.54) is 6.07 Å². The molecule has 0 amide bonds. The van der Waals surface area contributed by atoms with Gasteiger partial charge in [0.25, 0.3) is 0 Å². The van der Waals surface area contributed by atoms with E-state index >= 15 is 0 Å². The summed E-state index contributed by atoms with van der Waals surface area (Å²) in [6.45, 7) is 9.48. The number of anilines is 1. The second-order valence-electron chi connectivity index (χ2n) is 6.88. The molecule has 0 bridgehead atoms. The molecule has 0 spiro atoms. The lowest BCUT2D eigenvalue weighted by molar-refractivity contribution is -0.0137. The van der Waals surface area contributed by atoms with E-state index in [1.54, 1.807) is 6.07 Å². The van der Waals surface area contributed by atoms with E-state index in [0.717, 1.165) is 58.4 Å². The summed E-state index contributed by atoms with van der Waals surface area (Å²) in [4.78, 5) is 11.4. The van der Waals surface area contributed by atoms with Crippen LogP contribution in [0.2, 0.25) is 0 Å². The fraction of sp³-hybridized carbons (Fsp3) is 0.632. The Morgan fingerprint density at radius 3 is 2.63 bits per heavy atom. The van der Waals surface area contributed by atoms with Crippen LogP contribution in [0.3, 0.4) is 0 Å². The fourth-order valence-electron chi connectivity index (χ4n) is 3.46. The van der Waals surface area contributed by atoms with E-state index in [4.69, 9.17) is 9.73 Å². The molecule has 0 aliphatic carbocycles. The molecule has 1 atom stereocenters. The molecule has 2 saturated heterocycles. The first-order valence-corrected chi connectivity index (χ1v) is 9.50. The molecule has 152 valence electrons. The van der Waals surface area contributed by atoms with E-state index in [0.29, 0.717) is 12.2 Å². The maximum Gasteiger partial charge on any atom is 0.194 e. The summed E-state index contributed by atoms with van der Waals surface area (Å²) >= 11 is 0. The van der Waals surface area contributed by atoms with Crippen molar-refractivity contribution < 1.29 is 9.13 Å². The van der Waals surface area contributed by atoms with Crippen LogP contribution in [-0.4, -0.2) is 87.9 Å². The van der Waals surface area contributed by atoms with Crippen LogP contribution in [0, 0.1) is 5.82 Å². The largest absolute Gasteiger partial charge is 0.374 e. The number of ether oxygens (including phenoxy) is 1. The van der Waals surface area contributed by atoms with Crippen molar-refractivity contribution in [1.29, 1.82) is 0 Å². The van der Waals surface area contributed by atoms with Crippen LogP contribution in [0.4, 0.5) is 10.1 Å². The van der Waals surface area contributed by atoms with Crippen LogP contribution in [0.25, 0.3) is 0 Å². The molecule has 0 radical (unpaired) electrons. The predicted molar refractivity (Wildman–Crippen MR) is 119 cm³/mol. The Kier molecular flexibility index (Phi) is 9.04. The topological polar surface area (TPSA) is 43.3 Å². The third-order valence-corrected chi connectivity index (χ3v) is 4.89. The number of para-hydroxylation sites is 1. The van der Waals surface area contributed by atoms with Gasteiger partial charge in [0.15, 0.2) is 5.96 Å². The number of hydrogen-bond donors (Lipinski definition) is 1. The van der Waals surface area contributed by atoms with Crippen LogP contribution in [0.5, 0.6) is 0 Å². The number of benzene rings is 1. The summed E-state index contributed by atoms with van der Waals surface area (Å²) in [5, 5.41) is 3.38. The molecule has 27 heavy (non-hydrogen) atoms. The minimum absolute atomic E-state index is 0. The van der Waals surface area contributed by atoms with Gasteiger partial charge in [0.05, 0.1) is 24.9 Å². The predicted octanol–water partition coefficient (Wildman–Crippen LogP) is 1.86. The first kappa shape index (κ1) is 22.2. The standard InChI is InChI=1S/C19H30FN5O.HI/c1-3-21-19(22-14-16-15-23(2)12-13-26-16)25-10-8-24(9-11-25)18-7-5-4-6-17(18)20;/h4-7,16H,3,8-15H2,1-2H3,(H,21,22);1H. The zero-order valence-electron chi connectivity index (χ0n) is 16.2. The van der Waals surface area contributed by atoms with Gasteiger partial charge in [0.2, 0.25) is 0 Å². The second-order valence-corrected chi connectivity index (χ2v) is 6.88. The van der Waals surface area contributed by atoms with Crippen molar-refractivity contribution in [2.75, 3.05) is 70.9 Å². The second kappa shape index (κ2) is 11.0. The van der Waals surface area contributed by atoms with Crippen molar-refractivity contribution in [1.82, 2.24) is 15.1 Å². The molecule has 1 aromatic rings. The summed E-state index contributed by atoms with van der Waals surface area (Å²) in [6.07, 6.45) is 0.155. The van der Waals surface area contributed by atoms with Crippen molar-refractivity contribution in [3.05, 3.63) is 30.1 Å². The maximum atomic E-state index is 14.0. The van der Waals surface area contributed by atoms with Crippen molar-refractivity contribution in [3.8, 4) is 0 Å². The normalized spacial score (nSPS) is 21.7. The number of hydrogen-bond acceptors (Lipinski definition) is 4. The highest BCUT2D eigenvalue weighted by Crippen LogP contribution is 2.20. The number of piperazine rings is 1. The van der Waals surface area contributed by atoms with Gasteiger partial charge in [0.1, 0.15) is 5.82 Å². The number of guanidine groups is 1. The number of likely N-dealkylation sites (N-methyl/N-ethyl adjacent to an activating group) is 1. The Bertz CT molecular complexity index is 610. The molecule has 1 unspecified atom stereocenters. The Morgan fingerprint density at radius 1 is 1.22 bits per heavy atom. The van der Waals surface area contributed by atoms with Crippen molar-refractivity contribution in [2.45, 2.75) is 13.0 Å². The molecule has 3 rings (SSSR count). The summed E-state index contributed by atoms with van der Waals surface area (Å²) in [7, 11) is 2.12. The third kappa shape index (κ3) is 6.18. The molecule has 1 N–H and O–H groups in total. The molecule has 0 aromatic heterocycles. The molecule has 1 aromatic carbocycles. The molecule has 2 fully saturated rings. The monoisotopic (exact) mass is 491 g/mol. The lowest BCUT2D eigenvalue weighted by Crippen LogP contribution is -2.53.